The smallest absolute Gasteiger partial charge is 0.407 e. The second kappa shape index (κ2) is 19.6. The number of benzene rings is 4. The van der Waals surface area contributed by atoms with Gasteiger partial charge in [-0.25, -0.2) is 13.6 Å². The first-order valence-corrected chi connectivity index (χ1v) is 21.2. The molecule has 326 valence electrons. The lowest BCUT2D eigenvalue weighted by Gasteiger charge is -2.40. The summed E-state index contributed by atoms with van der Waals surface area (Å²) >= 11 is 0. The van der Waals surface area contributed by atoms with E-state index in [4.69, 9.17) is 4.74 Å². The Kier molecular flexibility index (Phi) is 14.3. The van der Waals surface area contributed by atoms with Gasteiger partial charge in [-0.05, 0) is 76.8 Å². The maximum atomic E-state index is 15.1. The number of alkyl carbamates (subject to hydrolysis) is 1. The Morgan fingerprint density at radius 2 is 1.42 bits per heavy atom. The average molecular weight is 846 g/mol. The van der Waals surface area contributed by atoms with Crippen molar-refractivity contribution in [2.24, 2.45) is 11.3 Å². The highest BCUT2D eigenvalue weighted by atomic mass is 19.1. The number of halogens is 2. The number of ether oxygens (including phenoxy) is 1. The fourth-order valence-electron chi connectivity index (χ4n) is 8.36. The van der Waals surface area contributed by atoms with E-state index in [-0.39, 0.29) is 43.0 Å². The van der Waals surface area contributed by atoms with Crippen molar-refractivity contribution in [1.29, 1.82) is 0 Å². The average Bonchev–Trinajstić information content (AvgIpc) is 3.78. The molecule has 1 aliphatic carbocycles. The predicted molar refractivity (Wildman–Crippen MR) is 237 cm³/mol. The molecule has 1 aliphatic rings. The van der Waals surface area contributed by atoms with Gasteiger partial charge < -0.3 is 30.2 Å². The summed E-state index contributed by atoms with van der Waals surface area (Å²) in [5.74, 6) is -2.70. The molecule has 5 aromatic rings. The third-order valence-corrected chi connectivity index (χ3v) is 11.4. The van der Waals surface area contributed by atoms with E-state index in [0.29, 0.717) is 18.5 Å². The number of amides is 4. The minimum Gasteiger partial charge on any atom is -0.449 e. The molecule has 6 rings (SSSR count). The van der Waals surface area contributed by atoms with E-state index < -0.39 is 53.1 Å². The second-order valence-corrected chi connectivity index (χ2v) is 17.4. The molecule has 3 N–H and O–H groups in total. The largest absolute Gasteiger partial charge is 0.449 e. The molecule has 0 saturated heterocycles. The lowest BCUT2D eigenvalue weighted by molar-refractivity contribution is -0.134. The van der Waals surface area contributed by atoms with E-state index >= 15 is 4.39 Å². The van der Waals surface area contributed by atoms with Crippen molar-refractivity contribution < 1.29 is 32.7 Å². The highest BCUT2D eigenvalue weighted by molar-refractivity contribution is 5.91. The number of aromatic nitrogens is 1. The molecule has 0 radical (unpaired) electrons. The van der Waals surface area contributed by atoms with Crippen LogP contribution in [-0.2, 0) is 25.7 Å². The van der Waals surface area contributed by atoms with Crippen molar-refractivity contribution in [3.63, 3.8) is 0 Å². The zero-order chi connectivity index (χ0) is 44.7. The molecule has 3 unspecified atom stereocenters. The van der Waals surface area contributed by atoms with Crippen LogP contribution in [0.15, 0.2) is 109 Å². The molecule has 0 bridgehead atoms. The SMILES string of the molecule is CC(=O)N(CCCNC(=O)C(C)NC(=O)C(NC(=O)OCC1c2ccccc2-c2ccccc21)C(C)C)C(c1cc(-c2cc(F)ccc2F)cn1Cc1ccccc1)C(C)(C)C. The van der Waals surface area contributed by atoms with Crippen LogP contribution >= 0.6 is 0 Å². The molecule has 0 saturated carbocycles. The summed E-state index contributed by atoms with van der Waals surface area (Å²) in [6, 6.07) is 28.6. The van der Waals surface area contributed by atoms with Crippen molar-refractivity contribution in [2.45, 2.75) is 85.5 Å². The van der Waals surface area contributed by atoms with Crippen molar-refractivity contribution in [3.8, 4) is 22.3 Å². The predicted octanol–water partition coefficient (Wildman–Crippen LogP) is 8.99. The zero-order valence-electron chi connectivity index (χ0n) is 36.5. The molecule has 0 spiro atoms. The van der Waals surface area contributed by atoms with Crippen LogP contribution in [0.25, 0.3) is 22.3 Å². The van der Waals surface area contributed by atoms with Gasteiger partial charge in [0.05, 0.1) is 6.04 Å². The number of carbonyl (C=O) groups is 4. The molecule has 62 heavy (non-hydrogen) atoms. The molecular weight excluding hydrogens is 789 g/mol. The Hall–Kier alpha value is -6.30. The van der Waals surface area contributed by atoms with Crippen LogP contribution in [0.5, 0.6) is 0 Å². The van der Waals surface area contributed by atoms with Gasteiger partial charge in [0, 0.05) is 55.5 Å². The molecular formula is C50H57F2N5O5. The van der Waals surface area contributed by atoms with Crippen molar-refractivity contribution in [3.05, 3.63) is 143 Å². The first kappa shape index (κ1) is 45.2. The van der Waals surface area contributed by atoms with Crippen LogP contribution in [0, 0.1) is 23.0 Å². The van der Waals surface area contributed by atoms with Crippen LogP contribution in [-0.4, -0.2) is 65.1 Å². The Labute approximate surface area is 363 Å². The second-order valence-electron chi connectivity index (χ2n) is 17.4. The van der Waals surface area contributed by atoms with Gasteiger partial charge in [0.2, 0.25) is 17.7 Å². The van der Waals surface area contributed by atoms with E-state index in [1.54, 1.807) is 31.9 Å². The molecule has 0 fully saturated rings. The minimum atomic E-state index is -0.960. The van der Waals surface area contributed by atoms with Gasteiger partial charge in [0.15, 0.2) is 0 Å². The number of fused-ring (bicyclic) bond motifs is 3. The van der Waals surface area contributed by atoms with E-state index in [0.717, 1.165) is 45.6 Å². The minimum absolute atomic E-state index is 0.0963. The van der Waals surface area contributed by atoms with Crippen LogP contribution in [0.3, 0.4) is 0 Å². The molecule has 3 atom stereocenters. The van der Waals surface area contributed by atoms with E-state index in [2.05, 4.69) is 28.1 Å². The first-order chi connectivity index (χ1) is 29.5. The van der Waals surface area contributed by atoms with Crippen LogP contribution < -0.4 is 16.0 Å². The summed E-state index contributed by atoms with van der Waals surface area (Å²) in [5.41, 5.74) is 6.22. The fourth-order valence-corrected chi connectivity index (χ4v) is 8.36. The highest BCUT2D eigenvalue weighted by Crippen LogP contribution is 2.45. The Morgan fingerprint density at radius 3 is 2.03 bits per heavy atom. The van der Waals surface area contributed by atoms with Crippen LogP contribution in [0.1, 0.15) is 89.2 Å². The number of rotatable bonds is 16. The number of hydrogen-bond donors (Lipinski definition) is 3. The summed E-state index contributed by atoms with van der Waals surface area (Å²) in [7, 11) is 0. The van der Waals surface area contributed by atoms with Crippen molar-refractivity contribution >= 4 is 23.8 Å². The van der Waals surface area contributed by atoms with Gasteiger partial charge in [0.1, 0.15) is 30.3 Å². The Bertz CT molecular complexity index is 2340. The van der Waals surface area contributed by atoms with Crippen molar-refractivity contribution in [1.82, 2.24) is 25.4 Å². The molecule has 12 heteroatoms. The summed E-state index contributed by atoms with van der Waals surface area (Å²) in [6.45, 7) is 13.7. The molecule has 10 nitrogen and oxygen atoms in total. The van der Waals surface area contributed by atoms with Gasteiger partial charge in [-0.2, -0.15) is 0 Å². The zero-order valence-corrected chi connectivity index (χ0v) is 36.5. The fraction of sp³-hybridized carbons (Fsp3) is 0.360. The quantitative estimate of drug-likeness (QED) is 0.0857. The van der Waals surface area contributed by atoms with Gasteiger partial charge in [0.25, 0.3) is 0 Å². The highest BCUT2D eigenvalue weighted by Gasteiger charge is 2.36. The molecule has 4 aromatic carbocycles. The third kappa shape index (κ3) is 10.6. The summed E-state index contributed by atoms with van der Waals surface area (Å²) in [4.78, 5) is 55.0. The van der Waals surface area contributed by atoms with E-state index in [1.807, 2.05) is 98.1 Å². The summed E-state index contributed by atoms with van der Waals surface area (Å²) in [6.07, 6.45) is 1.46. The lowest BCUT2D eigenvalue weighted by atomic mass is 9.83. The maximum Gasteiger partial charge on any atom is 0.407 e. The Balaban J connectivity index is 1.07. The van der Waals surface area contributed by atoms with Crippen LogP contribution in [0.2, 0.25) is 0 Å². The summed E-state index contributed by atoms with van der Waals surface area (Å²) in [5, 5.41) is 8.30. The van der Waals surface area contributed by atoms with Gasteiger partial charge in [-0.1, -0.05) is 113 Å². The third-order valence-electron chi connectivity index (χ3n) is 11.4. The van der Waals surface area contributed by atoms with Crippen molar-refractivity contribution in [2.75, 3.05) is 19.7 Å². The number of carbonyl (C=O) groups excluding carboxylic acids is 4. The molecule has 1 aromatic heterocycles. The Morgan fingerprint density at radius 1 is 0.790 bits per heavy atom. The maximum absolute atomic E-state index is 15.1. The van der Waals surface area contributed by atoms with Gasteiger partial charge in [-0.3, -0.25) is 14.4 Å². The molecule has 4 amide bonds. The monoisotopic (exact) mass is 845 g/mol. The molecule has 1 heterocycles. The number of hydrogen-bond acceptors (Lipinski definition) is 5. The molecule has 0 aliphatic heterocycles. The summed E-state index contributed by atoms with van der Waals surface area (Å²) < 4.78 is 37.1. The number of nitrogens with zero attached hydrogens (tertiary/aromatic N) is 2. The topological polar surface area (TPSA) is 122 Å². The lowest BCUT2D eigenvalue weighted by Crippen LogP contribution is -2.54. The standard InChI is InChI=1S/C50H57F2N5O5/c1-31(2)45(55-49(61)62-30-42-39-20-13-11-18-37(39)38-19-12-14-21-40(38)42)48(60)54-32(3)47(59)53-24-15-25-57(33(4)58)46(50(5,6)7)44-26-35(41-27-36(51)22-23-43(41)52)29-56(44)28-34-16-9-8-10-17-34/h8-14,16-23,26-27,29,31-32,42,45-46H,15,24-25,28,30H2,1-7H3,(H,53,59)(H,54,60)(H,55,61). The van der Waals surface area contributed by atoms with Crippen LogP contribution in [0.4, 0.5) is 13.6 Å². The van der Waals surface area contributed by atoms with E-state index in [1.165, 1.54) is 13.0 Å². The van der Waals surface area contributed by atoms with E-state index in [9.17, 15) is 23.6 Å². The van der Waals surface area contributed by atoms with Gasteiger partial charge >= 0.3 is 6.09 Å². The first-order valence-electron chi connectivity index (χ1n) is 21.2. The number of nitrogens with one attached hydrogen (secondary N) is 3. The van der Waals surface area contributed by atoms with Gasteiger partial charge in [-0.15, -0.1) is 0 Å². The normalized spacial score (nSPS) is 13.7.